The van der Waals surface area contributed by atoms with Crippen LogP contribution in [0.4, 0.5) is 0 Å². The van der Waals surface area contributed by atoms with E-state index in [1.54, 1.807) is 4.90 Å². The predicted octanol–water partition coefficient (Wildman–Crippen LogP) is 3.47. The van der Waals surface area contributed by atoms with E-state index in [-0.39, 0.29) is 17.9 Å². The fourth-order valence-corrected chi connectivity index (χ4v) is 4.64. The van der Waals surface area contributed by atoms with Gasteiger partial charge >= 0.3 is 5.97 Å². The molecule has 6 nitrogen and oxygen atoms in total. The molecule has 28 heavy (non-hydrogen) atoms. The summed E-state index contributed by atoms with van der Waals surface area (Å²) < 4.78 is 1.93. The van der Waals surface area contributed by atoms with Crippen molar-refractivity contribution in [2.75, 3.05) is 7.05 Å². The number of benzene rings is 1. The average molecular weight is 381 g/mol. The molecule has 1 aromatic heterocycles. The van der Waals surface area contributed by atoms with E-state index in [0.29, 0.717) is 18.5 Å². The molecule has 1 aromatic carbocycles. The van der Waals surface area contributed by atoms with E-state index >= 15 is 0 Å². The van der Waals surface area contributed by atoms with Gasteiger partial charge in [-0.3, -0.25) is 9.59 Å². The van der Waals surface area contributed by atoms with Gasteiger partial charge in [-0.05, 0) is 57.1 Å². The van der Waals surface area contributed by atoms with Crippen molar-refractivity contribution in [2.45, 2.75) is 57.4 Å². The number of para-hydroxylation sites is 1. The lowest BCUT2D eigenvalue weighted by Crippen LogP contribution is -2.37. The van der Waals surface area contributed by atoms with Gasteiger partial charge in [0.2, 0.25) is 0 Å². The van der Waals surface area contributed by atoms with Crippen LogP contribution in [0.2, 0.25) is 0 Å². The molecule has 0 spiro atoms. The minimum absolute atomic E-state index is 0.0355. The molecular formula is C22H27N3O3. The molecule has 2 atom stereocenters. The van der Waals surface area contributed by atoms with Gasteiger partial charge in [0.15, 0.2) is 5.69 Å². The van der Waals surface area contributed by atoms with Crippen molar-refractivity contribution in [2.24, 2.45) is 5.92 Å². The minimum Gasteiger partial charge on any atom is -0.481 e. The van der Waals surface area contributed by atoms with Crippen LogP contribution in [0.15, 0.2) is 30.3 Å². The summed E-state index contributed by atoms with van der Waals surface area (Å²) in [6.45, 7) is 0. The lowest BCUT2D eigenvalue weighted by Gasteiger charge is -2.27. The molecule has 1 fully saturated rings. The van der Waals surface area contributed by atoms with E-state index in [2.05, 4.69) is 0 Å². The van der Waals surface area contributed by atoms with Gasteiger partial charge in [0.1, 0.15) is 0 Å². The summed E-state index contributed by atoms with van der Waals surface area (Å²) in [6, 6.07) is 10.0. The summed E-state index contributed by atoms with van der Waals surface area (Å²) in [5.74, 6) is -1.03. The largest absolute Gasteiger partial charge is 0.481 e. The van der Waals surface area contributed by atoms with Crippen molar-refractivity contribution in [1.82, 2.24) is 14.7 Å². The second-order valence-corrected chi connectivity index (χ2v) is 7.99. The number of aliphatic carboxylic acids is 1. The third kappa shape index (κ3) is 3.43. The number of carbonyl (C=O) groups excluding carboxylic acids is 1. The molecule has 4 rings (SSSR count). The topological polar surface area (TPSA) is 75.4 Å². The van der Waals surface area contributed by atoms with E-state index in [1.807, 2.05) is 42.1 Å². The monoisotopic (exact) mass is 381 g/mol. The first kappa shape index (κ1) is 18.7. The van der Waals surface area contributed by atoms with Crippen molar-refractivity contribution < 1.29 is 14.7 Å². The maximum Gasteiger partial charge on any atom is 0.306 e. The molecule has 1 amide bonds. The smallest absolute Gasteiger partial charge is 0.306 e. The number of carbonyl (C=O) groups is 2. The van der Waals surface area contributed by atoms with Crippen LogP contribution in [0.3, 0.4) is 0 Å². The molecule has 0 radical (unpaired) electrons. The van der Waals surface area contributed by atoms with Crippen LogP contribution in [0.1, 0.15) is 60.3 Å². The maximum atomic E-state index is 13.3. The fourth-order valence-electron chi connectivity index (χ4n) is 4.64. The second kappa shape index (κ2) is 7.78. The van der Waals surface area contributed by atoms with Crippen LogP contribution in [0.25, 0.3) is 5.69 Å². The van der Waals surface area contributed by atoms with Crippen LogP contribution >= 0.6 is 0 Å². The number of rotatable bonds is 4. The molecule has 148 valence electrons. The zero-order valence-electron chi connectivity index (χ0n) is 16.3. The molecular weight excluding hydrogens is 354 g/mol. The van der Waals surface area contributed by atoms with Crippen LogP contribution in [-0.4, -0.2) is 44.8 Å². The number of nitrogens with zero attached hydrogens (tertiary/aromatic N) is 3. The van der Waals surface area contributed by atoms with Gasteiger partial charge in [-0.1, -0.05) is 24.6 Å². The van der Waals surface area contributed by atoms with Crippen molar-refractivity contribution in [3.8, 4) is 5.69 Å². The zero-order chi connectivity index (χ0) is 19.7. The quantitative estimate of drug-likeness (QED) is 0.823. The summed E-state index contributed by atoms with van der Waals surface area (Å²) in [5.41, 5.74) is 3.78. The Morgan fingerprint density at radius 2 is 1.86 bits per heavy atom. The van der Waals surface area contributed by atoms with E-state index in [0.717, 1.165) is 55.5 Å². The average Bonchev–Trinajstić information content (AvgIpc) is 3.22. The van der Waals surface area contributed by atoms with Crippen LogP contribution in [-0.2, 0) is 17.6 Å². The third-order valence-corrected chi connectivity index (χ3v) is 6.29. The first-order chi connectivity index (χ1) is 13.6. The van der Waals surface area contributed by atoms with Crippen LogP contribution in [0, 0.1) is 5.92 Å². The Kier molecular flexibility index (Phi) is 5.20. The fraction of sp³-hybridized carbons (Fsp3) is 0.500. The Morgan fingerprint density at radius 3 is 2.61 bits per heavy atom. The van der Waals surface area contributed by atoms with Gasteiger partial charge in [-0.2, -0.15) is 5.10 Å². The number of amides is 1. The van der Waals surface area contributed by atoms with E-state index in [4.69, 9.17) is 5.10 Å². The van der Waals surface area contributed by atoms with Crippen molar-refractivity contribution in [3.05, 3.63) is 47.3 Å². The highest BCUT2D eigenvalue weighted by molar-refractivity contribution is 5.94. The zero-order valence-corrected chi connectivity index (χ0v) is 16.3. The van der Waals surface area contributed by atoms with Gasteiger partial charge in [-0.25, -0.2) is 4.68 Å². The molecule has 6 heteroatoms. The highest BCUT2D eigenvalue weighted by atomic mass is 16.4. The Labute approximate surface area is 165 Å². The summed E-state index contributed by atoms with van der Waals surface area (Å²) in [4.78, 5) is 26.4. The highest BCUT2D eigenvalue weighted by Crippen LogP contribution is 2.31. The molecule has 2 aliphatic carbocycles. The second-order valence-electron chi connectivity index (χ2n) is 7.99. The normalized spacial score (nSPS) is 21.8. The lowest BCUT2D eigenvalue weighted by atomic mass is 10.0. The molecule has 1 N–H and O–H groups in total. The van der Waals surface area contributed by atoms with Crippen LogP contribution in [0.5, 0.6) is 0 Å². The molecule has 0 saturated heterocycles. The Hall–Kier alpha value is -2.63. The summed E-state index contributed by atoms with van der Waals surface area (Å²) in [6.07, 6.45) is 6.65. The van der Waals surface area contributed by atoms with Gasteiger partial charge in [0, 0.05) is 24.3 Å². The number of carboxylic acids is 1. The lowest BCUT2D eigenvalue weighted by molar-refractivity contribution is -0.142. The number of carboxylic acid groups (broad SMARTS) is 1. The minimum atomic E-state index is -0.714. The first-order valence-electron chi connectivity index (χ1n) is 10.2. The SMILES string of the molecule is CN(C(=O)c1nn(-c2ccccc2)c2c1CCC2)C1CCCC(C(=O)O)CC1. The Bertz CT molecular complexity index is 875. The summed E-state index contributed by atoms with van der Waals surface area (Å²) in [5, 5.41) is 14.0. The highest BCUT2D eigenvalue weighted by Gasteiger charge is 2.32. The van der Waals surface area contributed by atoms with Gasteiger partial charge in [-0.15, -0.1) is 0 Å². The molecule has 2 unspecified atom stereocenters. The number of hydrogen-bond donors (Lipinski definition) is 1. The molecule has 0 bridgehead atoms. The number of hydrogen-bond acceptors (Lipinski definition) is 3. The van der Waals surface area contributed by atoms with Gasteiger partial charge in [0.05, 0.1) is 11.6 Å². The summed E-state index contributed by atoms with van der Waals surface area (Å²) in [7, 11) is 1.84. The number of fused-ring (bicyclic) bond motifs is 1. The van der Waals surface area contributed by atoms with E-state index in [1.165, 1.54) is 0 Å². The molecule has 2 aliphatic rings. The first-order valence-corrected chi connectivity index (χ1v) is 10.2. The van der Waals surface area contributed by atoms with E-state index < -0.39 is 5.97 Å². The van der Waals surface area contributed by atoms with Crippen molar-refractivity contribution >= 4 is 11.9 Å². The number of aromatic nitrogens is 2. The maximum absolute atomic E-state index is 13.3. The summed E-state index contributed by atoms with van der Waals surface area (Å²) >= 11 is 0. The third-order valence-electron chi connectivity index (χ3n) is 6.29. The van der Waals surface area contributed by atoms with Crippen molar-refractivity contribution in [1.29, 1.82) is 0 Å². The molecule has 1 heterocycles. The van der Waals surface area contributed by atoms with Gasteiger partial charge in [0.25, 0.3) is 5.91 Å². The Morgan fingerprint density at radius 1 is 1.07 bits per heavy atom. The standard InChI is InChI=1S/C22H27N3O3/c1-24(16-10-5-7-15(13-14-16)22(27)28)21(26)20-18-11-6-12-19(18)25(23-20)17-8-3-2-4-9-17/h2-4,8-9,15-16H,5-7,10-14H2,1H3,(H,27,28). The molecule has 1 saturated carbocycles. The Balaban J connectivity index is 1.57. The van der Waals surface area contributed by atoms with Crippen molar-refractivity contribution in [3.63, 3.8) is 0 Å². The van der Waals surface area contributed by atoms with Crippen LogP contribution < -0.4 is 0 Å². The van der Waals surface area contributed by atoms with E-state index in [9.17, 15) is 14.7 Å². The predicted molar refractivity (Wildman–Crippen MR) is 106 cm³/mol. The molecule has 0 aliphatic heterocycles. The molecule has 2 aromatic rings. The van der Waals surface area contributed by atoms with Gasteiger partial charge < -0.3 is 10.0 Å².